The second kappa shape index (κ2) is 7.60. The van der Waals surface area contributed by atoms with Crippen molar-refractivity contribution in [2.45, 2.75) is 26.9 Å². The Morgan fingerprint density at radius 2 is 1.52 bits per heavy atom. The highest BCUT2D eigenvalue weighted by atomic mass is 16.5. The molecule has 132 valence electrons. The molecule has 0 aromatic heterocycles. The number of ether oxygens (including phenoxy) is 1. The molecule has 1 heterocycles. The molecule has 1 amide bonds. The molecule has 0 unspecified atom stereocenters. The smallest absolute Gasteiger partial charge is 0.263 e. The van der Waals surface area contributed by atoms with Gasteiger partial charge in [0, 0.05) is 31.9 Å². The van der Waals surface area contributed by atoms with Gasteiger partial charge in [-0.1, -0.05) is 36.4 Å². The molecule has 1 saturated heterocycles. The molecular formula is C21H26N2O2. The van der Waals surface area contributed by atoms with Crippen LogP contribution in [0.5, 0.6) is 5.75 Å². The van der Waals surface area contributed by atoms with E-state index in [4.69, 9.17) is 4.74 Å². The fourth-order valence-corrected chi connectivity index (χ4v) is 3.27. The second-order valence-electron chi connectivity index (χ2n) is 6.62. The van der Waals surface area contributed by atoms with Gasteiger partial charge in [0.25, 0.3) is 5.91 Å². The highest BCUT2D eigenvalue weighted by Crippen LogP contribution is 2.22. The van der Waals surface area contributed by atoms with Crippen LogP contribution in [0.4, 0.5) is 5.69 Å². The summed E-state index contributed by atoms with van der Waals surface area (Å²) in [5.41, 5.74) is 3.59. The molecule has 2 aromatic rings. The molecule has 3 rings (SSSR count). The molecule has 0 radical (unpaired) electrons. The van der Waals surface area contributed by atoms with Crippen molar-refractivity contribution in [3.05, 3.63) is 59.7 Å². The zero-order chi connectivity index (χ0) is 17.8. The number of carbonyl (C=O) groups excluding carboxylic acids is 1. The molecule has 0 aliphatic carbocycles. The van der Waals surface area contributed by atoms with Crippen molar-refractivity contribution in [3.8, 4) is 5.75 Å². The van der Waals surface area contributed by atoms with E-state index in [-0.39, 0.29) is 5.91 Å². The predicted molar refractivity (Wildman–Crippen MR) is 101 cm³/mol. The number of piperazine rings is 1. The predicted octanol–water partition coefficient (Wildman–Crippen LogP) is 3.42. The van der Waals surface area contributed by atoms with Crippen molar-refractivity contribution in [1.82, 2.24) is 4.90 Å². The summed E-state index contributed by atoms with van der Waals surface area (Å²) in [4.78, 5) is 17.0. The molecule has 25 heavy (non-hydrogen) atoms. The summed E-state index contributed by atoms with van der Waals surface area (Å²) in [6, 6.07) is 16.2. The van der Waals surface area contributed by atoms with Crippen LogP contribution in [0.1, 0.15) is 18.1 Å². The summed E-state index contributed by atoms with van der Waals surface area (Å²) in [5.74, 6) is 0.842. The highest BCUT2D eigenvalue weighted by Gasteiger charge is 2.26. The number of para-hydroxylation sites is 2. The highest BCUT2D eigenvalue weighted by molar-refractivity contribution is 5.81. The standard InChI is InChI=1S/C21H26N2O2/c1-16-8-4-6-10-19(16)22-12-14-23(15-13-22)21(24)18(3)25-20-11-7-5-9-17(20)2/h4-11,18H,12-15H2,1-3H3/t18-/m0/s1. The molecule has 4 heteroatoms. The Bertz CT molecular complexity index is 736. The molecule has 0 saturated carbocycles. The number of rotatable bonds is 4. The van der Waals surface area contributed by atoms with Crippen molar-refractivity contribution in [2.24, 2.45) is 0 Å². The lowest BCUT2D eigenvalue weighted by molar-refractivity contribution is -0.138. The average molecular weight is 338 g/mol. The van der Waals surface area contributed by atoms with Crippen LogP contribution in [0.25, 0.3) is 0 Å². The van der Waals surface area contributed by atoms with E-state index in [2.05, 4.69) is 36.1 Å². The molecule has 1 aliphatic rings. The molecule has 1 aliphatic heterocycles. The van der Waals surface area contributed by atoms with Crippen molar-refractivity contribution in [3.63, 3.8) is 0 Å². The number of hydrogen-bond donors (Lipinski definition) is 0. The van der Waals surface area contributed by atoms with Gasteiger partial charge in [0.15, 0.2) is 6.10 Å². The minimum atomic E-state index is -0.467. The SMILES string of the molecule is Cc1ccccc1O[C@@H](C)C(=O)N1CCN(c2ccccc2C)CC1. The van der Waals surface area contributed by atoms with Crippen molar-refractivity contribution < 1.29 is 9.53 Å². The van der Waals surface area contributed by atoms with Crippen LogP contribution in [0, 0.1) is 13.8 Å². The zero-order valence-corrected chi connectivity index (χ0v) is 15.2. The molecule has 4 nitrogen and oxygen atoms in total. The van der Waals surface area contributed by atoms with Crippen LogP contribution in [0.2, 0.25) is 0 Å². The Hall–Kier alpha value is -2.49. The van der Waals surface area contributed by atoms with Crippen molar-refractivity contribution in [2.75, 3.05) is 31.1 Å². The van der Waals surface area contributed by atoms with E-state index < -0.39 is 6.10 Å². The van der Waals surface area contributed by atoms with Gasteiger partial charge in [-0.05, 0) is 44.0 Å². The van der Waals surface area contributed by atoms with E-state index in [1.165, 1.54) is 11.3 Å². The molecular weight excluding hydrogens is 312 g/mol. The third kappa shape index (κ3) is 3.95. The minimum Gasteiger partial charge on any atom is -0.481 e. The summed E-state index contributed by atoms with van der Waals surface area (Å²) >= 11 is 0. The van der Waals surface area contributed by atoms with E-state index in [1.54, 1.807) is 0 Å². The summed E-state index contributed by atoms with van der Waals surface area (Å²) in [6.07, 6.45) is -0.467. The molecule has 2 aromatic carbocycles. The van der Waals surface area contributed by atoms with Crippen LogP contribution >= 0.6 is 0 Å². The van der Waals surface area contributed by atoms with Gasteiger partial charge < -0.3 is 14.5 Å². The van der Waals surface area contributed by atoms with Gasteiger partial charge in [-0.15, -0.1) is 0 Å². The Morgan fingerprint density at radius 3 is 2.16 bits per heavy atom. The van der Waals surface area contributed by atoms with Gasteiger partial charge in [-0.25, -0.2) is 0 Å². The maximum Gasteiger partial charge on any atom is 0.263 e. The summed E-state index contributed by atoms with van der Waals surface area (Å²) in [5, 5.41) is 0. The first-order chi connectivity index (χ1) is 12.1. The van der Waals surface area contributed by atoms with Gasteiger partial charge in [0.1, 0.15) is 5.75 Å². The van der Waals surface area contributed by atoms with Gasteiger partial charge in [0.05, 0.1) is 0 Å². The number of anilines is 1. The largest absolute Gasteiger partial charge is 0.481 e. The first-order valence-corrected chi connectivity index (χ1v) is 8.88. The van der Waals surface area contributed by atoms with E-state index in [1.807, 2.05) is 43.0 Å². The maximum absolute atomic E-state index is 12.7. The maximum atomic E-state index is 12.7. The summed E-state index contributed by atoms with van der Waals surface area (Å²) < 4.78 is 5.89. The Balaban J connectivity index is 1.58. The van der Waals surface area contributed by atoms with E-state index in [0.29, 0.717) is 0 Å². The first-order valence-electron chi connectivity index (χ1n) is 8.88. The molecule has 0 bridgehead atoms. The Labute approximate surface area is 150 Å². The van der Waals surface area contributed by atoms with Crippen LogP contribution in [-0.2, 0) is 4.79 Å². The van der Waals surface area contributed by atoms with Crippen molar-refractivity contribution >= 4 is 11.6 Å². The minimum absolute atomic E-state index is 0.0627. The monoisotopic (exact) mass is 338 g/mol. The molecule has 1 fully saturated rings. The van der Waals surface area contributed by atoms with Crippen LogP contribution in [0.3, 0.4) is 0 Å². The second-order valence-corrected chi connectivity index (χ2v) is 6.62. The number of nitrogens with zero attached hydrogens (tertiary/aromatic N) is 2. The van der Waals surface area contributed by atoms with Crippen LogP contribution in [-0.4, -0.2) is 43.1 Å². The van der Waals surface area contributed by atoms with Gasteiger partial charge in [-0.2, -0.15) is 0 Å². The number of aryl methyl sites for hydroxylation is 2. The van der Waals surface area contributed by atoms with Crippen LogP contribution < -0.4 is 9.64 Å². The number of amides is 1. The topological polar surface area (TPSA) is 32.8 Å². The molecule has 0 N–H and O–H groups in total. The third-order valence-corrected chi connectivity index (χ3v) is 4.79. The van der Waals surface area contributed by atoms with E-state index >= 15 is 0 Å². The van der Waals surface area contributed by atoms with E-state index in [9.17, 15) is 4.79 Å². The zero-order valence-electron chi connectivity index (χ0n) is 15.2. The lowest BCUT2D eigenvalue weighted by atomic mass is 10.1. The van der Waals surface area contributed by atoms with Gasteiger partial charge in [-0.3, -0.25) is 4.79 Å². The normalized spacial score (nSPS) is 15.8. The lowest BCUT2D eigenvalue weighted by Crippen LogP contribution is -2.52. The first kappa shape index (κ1) is 17.3. The van der Waals surface area contributed by atoms with Crippen LogP contribution in [0.15, 0.2) is 48.5 Å². The fraction of sp³-hybridized carbons (Fsp3) is 0.381. The third-order valence-electron chi connectivity index (χ3n) is 4.79. The fourth-order valence-electron chi connectivity index (χ4n) is 3.27. The Morgan fingerprint density at radius 1 is 0.920 bits per heavy atom. The molecule has 1 atom stereocenters. The average Bonchev–Trinajstić information content (AvgIpc) is 2.63. The number of hydrogen-bond acceptors (Lipinski definition) is 3. The van der Waals surface area contributed by atoms with E-state index in [0.717, 1.165) is 37.5 Å². The summed E-state index contributed by atoms with van der Waals surface area (Å²) in [7, 11) is 0. The van der Waals surface area contributed by atoms with Gasteiger partial charge >= 0.3 is 0 Å². The summed E-state index contributed by atoms with van der Waals surface area (Å²) in [6.45, 7) is 9.13. The lowest BCUT2D eigenvalue weighted by Gasteiger charge is -2.37. The number of benzene rings is 2. The molecule has 0 spiro atoms. The number of carbonyl (C=O) groups is 1. The Kier molecular flexibility index (Phi) is 5.27. The van der Waals surface area contributed by atoms with Crippen molar-refractivity contribution in [1.29, 1.82) is 0 Å². The quantitative estimate of drug-likeness (QED) is 0.856. The van der Waals surface area contributed by atoms with Gasteiger partial charge in [0.2, 0.25) is 0 Å².